The van der Waals surface area contributed by atoms with E-state index in [-0.39, 0.29) is 5.91 Å². The lowest BCUT2D eigenvalue weighted by Crippen LogP contribution is -2.23. The highest BCUT2D eigenvalue weighted by atomic mass is 16.1. The highest BCUT2D eigenvalue weighted by Crippen LogP contribution is 2.18. The van der Waals surface area contributed by atoms with E-state index in [2.05, 4.69) is 16.9 Å². The number of nitrogens with one attached hydrogen (secondary N) is 2. The normalized spacial score (nSPS) is 10.2. The van der Waals surface area contributed by atoms with Gasteiger partial charge in [-0.1, -0.05) is 6.08 Å². The quantitative estimate of drug-likeness (QED) is 0.538. The Morgan fingerprint density at radius 3 is 3.06 bits per heavy atom. The van der Waals surface area contributed by atoms with Crippen molar-refractivity contribution in [3.8, 4) is 0 Å². The first-order valence-corrected chi connectivity index (χ1v) is 4.98. The number of rotatable bonds is 3. The van der Waals surface area contributed by atoms with E-state index in [1.54, 1.807) is 18.2 Å². The average Bonchev–Trinajstić information content (AvgIpc) is 2.68. The second kappa shape index (κ2) is 4.10. The van der Waals surface area contributed by atoms with Crippen LogP contribution in [-0.4, -0.2) is 17.4 Å². The molecule has 1 aromatic carbocycles. The monoisotopic (exact) mass is 215 g/mol. The molecule has 82 valence electrons. The van der Waals surface area contributed by atoms with Gasteiger partial charge in [-0.3, -0.25) is 4.79 Å². The number of aromatic amines is 1. The van der Waals surface area contributed by atoms with Crippen molar-refractivity contribution in [2.24, 2.45) is 0 Å². The molecule has 0 saturated heterocycles. The standard InChI is InChI=1S/C12H13N3O/c1-2-5-14-12(16)11-7-8-6-9(13)3-4-10(8)15-11/h2-4,6-7,15H,1,5,13H2,(H,14,16). The molecule has 1 amide bonds. The van der Waals surface area contributed by atoms with Crippen molar-refractivity contribution in [1.29, 1.82) is 0 Å². The maximum absolute atomic E-state index is 11.6. The number of amides is 1. The molecule has 0 atom stereocenters. The Hall–Kier alpha value is -2.23. The highest BCUT2D eigenvalue weighted by molar-refractivity contribution is 5.98. The van der Waals surface area contributed by atoms with Crippen LogP contribution in [0.5, 0.6) is 0 Å². The fraction of sp³-hybridized carbons (Fsp3) is 0.0833. The van der Waals surface area contributed by atoms with Gasteiger partial charge in [-0.05, 0) is 24.3 Å². The minimum Gasteiger partial charge on any atom is -0.399 e. The van der Waals surface area contributed by atoms with Gasteiger partial charge in [0.2, 0.25) is 0 Å². The highest BCUT2D eigenvalue weighted by Gasteiger charge is 2.07. The molecule has 4 nitrogen and oxygen atoms in total. The van der Waals surface area contributed by atoms with Crippen LogP contribution in [0.25, 0.3) is 10.9 Å². The molecule has 16 heavy (non-hydrogen) atoms. The van der Waals surface area contributed by atoms with Crippen LogP contribution in [0.3, 0.4) is 0 Å². The predicted octanol–water partition coefficient (Wildman–Crippen LogP) is 1.67. The third-order valence-electron chi connectivity index (χ3n) is 2.30. The van der Waals surface area contributed by atoms with Crippen LogP contribution in [0, 0.1) is 0 Å². The number of nitrogens with two attached hydrogens (primary N) is 1. The average molecular weight is 215 g/mol. The Bertz CT molecular complexity index is 542. The molecule has 0 unspecified atom stereocenters. The summed E-state index contributed by atoms with van der Waals surface area (Å²) in [5.74, 6) is -0.144. The first-order valence-electron chi connectivity index (χ1n) is 4.98. The number of hydrogen-bond donors (Lipinski definition) is 3. The molecule has 1 heterocycles. The van der Waals surface area contributed by atoms with Gasteiger partial charge < -0.3 is 16.0 Å². The zero-order valence-corrected chi connectivity index (χ0v) is 8.79. The van der Waals surface area contributed by atoms with E-state index in [9.17, 15) is 4.79 Å². The van der Waals surface area contributed by atoms with Crippen molar-refractivity contribution in [2.45, 2.75) is 0 Å². The van der Waals surface area contributed by atoms with Gasteiger partial charge in [0.25, 0.3) is 5.91 Å². The van der Waals surface area contributed by atoms with Crippen molar-refractivity contribution in [3.05, 3.63) is 42.6 Å². The molecular formula is C12H13N3O. The van der Waals surface area contributed by atoms with Gasteiger partial charge >= 0.3 is 0 Å². The zero-order valence-electron chi connectivity index (χ0n) is 8.79. The summed E-state index contributed by atoms with van der Waals surface area (Å²) >= 11 is 0. The predicted molar refractivity (Wildman–Crippen MR) is 65.2 cm³/mol. The number of anilines is 1. The second-order valence-corrected chi connectivity index (χ2v) is 3.53. The minimum atomic E-state index is -0.144. The van der Waals surface area contributed by atoms with E-state index < -0.39 is 0 Å². The fourth-order valence-electron chi connectivity index (χ4n) is 1.53. The molecule has 0 aliphatic rings. The molecule has 0 saturated carbocycles. The summed E-state index contributed by atoms with van der Waals surface area (Å²) < 4.78 is 0. The van der Waals surface area contributed by atoms with E-state index in [0.29, 0.717) is 17.9 Å². The van der Waals surface area contributed by atoms with Gasteiger partial charge in [0.15, 0.2) is 0 Å². The van der Waals surface area contributed by atoms with Crippen molar-refractivity contribution in [2.75, 3.05) is 12.3 Å². The summed E-state index contributed by atoms with van der Waals surface area (Å²) in [5, 5.41) is 3.64. The number of aromatic nitrogens is 1. The Kier molecular flexibility index (Phi) is 2.64. The molecular weight excluding hydrogens is 202 g/mol. The maximum Gasteiger partial charge on any atom is 0.267 e. The van der Waals surface area contributed by atoms with Crippen molar-refractivity contribution in [3.63, 3.8) is 0 Å². The Labute approximate surface area is 93.1 Å². The van der Waals surface area contributed by atoms with E-state index >= 15 is 0 Å². The lowest BCUT2D eigenvalue weighted by Gasteiger charge is -1.97. The van der Waals surface area contributed by atoms with Gasteiger partial charge in [0, 0.05) is 23.1 Å². The van der Waals surface area contributed by atoms with Gasteiger partial charge in [-0.2, -0.15) is 0 Å². The summed E-state index contributed by atoms with van der Waals surface area (Å²) in [4.78, 5) is 14.7. The van der Waals surface area contributed by atoms with Gasteiger partial charge in [-0.15, -0.1) is 6.58 Å². The topological polar surface area (TPSA) is 70.9 Å². The Morgan fingerprint density at radius 1 is 1.50 bits per heavy atom. The van der Waals surface area contributed by atoms with Crippen LogP contribution >= 0.6 is 0 Å². The summed E-state index contributed by atoms with van der Waals surface area (Å²) in [6.45, 7) is 3.99. The third-order valence-corrected chi connectivity index (χ3v) is 2.30. The zero-order chi connectivity index (χ0) is 11.5. The number of nitrogen functional groups attached to an aromatic ring is 1. The molecule has 0 radical (unpaired) electrons. The second-order valence-electron chi connectivity index (χ2n) is 3.53. The molecule has 4 N–H and O–H groups in total. The van der Waals surface area contributed by atoms with Crippen molar-refractivity contribution < 1.29 is 4.79 Å². The molecule has 2 aromatic rings. The Balaban J connectivity index is 2.32. The van der Waals surface area contributed by atoms with Crippen LogP contribution < -0.4 is 11.1 Å². The maximum atomic E-state index is 11.6. The third kappa shape index (κ3) is 1.91. The van der Waals surface area contributed by atoms with E-state index in [1.165, 1.54) is 0 Å². The number of carbonyl (C=O) groups is 1. The largest absolute Gasteiger partial charge is 0.399 e. The first kappa shape index (κ1) is 10.3. The van der Waals surface area contributed by atoms with Crippen molar-refractivity contribution >= 4 is 22.5 Å². The minimum absolute atomic E-state index is 0.144. The first-order chi connectivity index (χ1) is 7.70. The molecule has 0 fully saturated rings. The Morgan fingerprint density at radius 2 is 2.31 bits per heavy atom. The molecule has 0 aliphatic carbocycles. The lowest BCUT2D eigenvalue weighted by atomic mass is 10.2. The fourth-order valence-corrected chi connectivity index (χ4v) is 1.53. The summed E-state index contributed by atoms with van der Waals surface area (Å²) in [7, 11) is 0. The molecule has 0 bridgehead atoms. The van der Waals surface area contributed by atoms with Crippen LogP contribution in [0.2, 0.25) is 0 Å². The molecule has 2 rings (SSSR count). The molecule has 4 heteroatoms. The number of hydrogen-bond acceptors (Lipinski definition) is 2. The van der Waals surface area contributed by atoms with Crippen LogP contribution in [0.4, 0.5) is 5.69 Å². The van der Waals surface area contributed by atoms with Crippen LogP contribution in [0.1, 0.15) is 10.5 Å². The number of fused-ring (bicyclic) bond motifs is 1. The smallest absolute Gasteiger partial charge is 0.267 e. The summed E-state index contributed by atoms with van der Waals surface area (Å²) in [5.41, 5.74) is 7.78. The van der Waals surface area contributed by atoms with Crippen LogP contribution in [0.15, 0.2) is 36.9 Å². The molecule has 0 aliphatic heterocycles. The van der Waals surface area contributed by atoms with Gasteiger partial charge in [-0.25, -0.2) is 0 Å². The summed E-state index contributed by atoms with van der Waals surface area (Å²) in [6, 6.07) is 7.26. The van der Waals surface area contributed by atoms with E-state index in [0.717, 1.165) is 10.9 Å². The van der Waals surface area contributed by atoms with Crippen molar-refractivity contribution in [1.82, 2.24) is 10.3 Å². The molecule has 1 aromatic heterocycles. The lowest BCUT2D eigenvalue weighted by molar-refractivity contribution is 0.0954. The van der Waals surface area contributed by atoms with Gasteiger partial charge in [0.05, 0.1) is 0 Å². The van der Waals surface area contributed by atoms with Crippen LogP contribution in [-0.2, 0) is 0 Å². The number of benzene rings is 1. The number of H-pyrrole nitrogens is 1. The van der Waals surface area contributed by atoms with Gasteiger partial charge in [0.1, 0.15) is 5.69 Å². The van der Waals surface area contributed by atoms with E-state index in [4.69, 9.17) is 5.73 Å². The molecule has 0 spiro atoms. The number of carbonyl (C=O) groups excluding carboxylic acids is 1. The van der Waals surface area contributed by atoms with E-state index in [1.807, 2.05) is 12.1 Å². The SMILES string of the molecule is C=CCNC(=O)c1cc2cc(N)ccc2[nH]1. The summed E-state index contributed by atoms with van der Waals surface area (Å²) in [6.07, 6.45) is 1.64.